The Balaban J connectivity index is 1.66. The Morgan fingerprint density at radius 3 is 2.23 bits per heavy atom. The number of anilines is 2. The molecule has 0 aromatic heterocycles. The Morgan fingerprint density at radius 2 is 1.55 bits per heavy atom. The second kappa shape index (κ2) is 10.5. The van der Waals surface area contributed by atoms with E-state index in [-0.39, 0.29) is 11.8 Å². The largest absolute Gasteiger partial charge is 0.494 e. The number of nitrogens with one attached hydrogen (secondary N) is 2. The third kappa shape index (κ3) is 6.23. The Morgan fingerprint density at radius 1 is 0.903 bits per heavy atom. The van der Waals surface area contributed by atoms with Crippen LogP contribution in [0.25, 0.3) is 0 Å². The highest BCUT2D eigenvalue weighted by Gasteiger charge is 2.18. The first kappa shape index (κ1) is 22.2. The van der Waals surface area contributed by atoms with Crippen molar-refractivity contribution in [2.75, 3.05) is 17.2 Å². The van der Waals surface area contributed by atoms with Gasteiger partial charge in [-0.15, -0.1) is 0 Å². The molecule has 0 saturated heterocycles. The second-order valence-electron chi connectivity index (χ2n) is 6.66. The van der Waals surface area contributed by atoms with E-state index in [1.165, 1.54) is 0 Å². The summed E-state index contributed by atoms with van der Waals surface area (Å²) >= 11 is 5.87. The lowest BCUT2D eigenvalue weighted by atomic mass is 10.1. The van der Waals surface area contributed by atoms with Gasteiger partial charge in [-0.25, -0.2) is 0 Å². The first-order valence-corrected chi connectivity index (χ1v) is 10.2. The van der Waals surface area contributed by atoms with E-state index >= 15 is 0 Å². The van der Waals surface area contributed by atoms with Crippen LogP contribution in [0.4, 0.5) is 11.4 Å². The molecule has 0 bridgehead atoms. The highest BCUT2D eigenvalue weighted by Crippen LogP contribution is 2.21. The molecule has 0 aliphatic heterocycles. The van der Waals surface area contributed by atoms with Gasteiger partial charge in [-0.1, -0.05) is 23.7 Å². The van der Waals surface area contributed by atoms with E-state index in [1.54, 1.807) is 79.7 Å². The van der Waals surface area contributed by atoms with Gasteiger partial charge in [-0.2, -0.15) is 0 Å². The van der Waals surface area contributed by atoms with Crippen LogP contribution in [0.1, 0.15) is 24.2 Å². The van der Waals surface area contributed by atoms with E-state index in [2.05, 4.69) is 10.6 Å². The van der Waals surface area contributed by atoms with Gasteiger partial charge in [0.05, 0.1) is 17.9 Å². The molecule has 6 nitrogen and oxygen atoms in total. The van der Waals surface area contributed by atoms with E-state index in [0.29, 0.717) is 34.3 Å². The maximum Gasteiger partial charge on any atom is 0.265 e. The molecular weight excluding hydrogens is 416 g/mol. The molecule has 0 heterocycles. The van der Waals surface area contributed by atoms with Crippen molar-refractivity contribution in [1.82, 2.24) is 0 Å². The maximum absolute atomic E-state index is 12.8. The molecule has 2 N–H and O–H groups in total. The molecule has 0 aliphatic rings. The van der Waals surface area contributed by atoms with Crippen molar-refractivity contribution >= 4 is 34.8 Å². The fraction of sp³-hybridized carbons (Fsp3) is 0.167. The first-order chi connectivity index (χ1) is 15.0. The highest BCUT2D eigenvalue weighted by atomic mass is 35.5. The predicted octanol–water partition coefficient (Wildman–Crippen LogP) is 5.40. The number of ether oxygens (including phenoxy) is 2. The van der Waals surface area contributed by atoms with E-state index in [0.717, 1.165) is 5.75 Å². The first-order valence-electron chi connectivity index (χ1n) is 9.82. The summed E-state index contributed by atoms with van der Waals surface area (Å²) in [6.07, 6.45) is -0.775. The minimum atomic E-state index is -0.775. The van der Waals surface area contributed by atoms with Crippen molar-refractivity contribution in [1.29, 1.82) is 0 Å². The van der Waals surface area contributed by atoms with Gasteiger partial charge in [0.2, 0.25) is 0 Å². The zero-order valence-corrected chi connectivity index (χ0v) is 18.0. The molecule has 0 spiro atoms. The molecular formula is C24H23ClN2O4. The molecule has 0 radical (unpaired) electrons. The predicted molar refractivity (Wildman–Crippen MR) is 122 cm³/mol. The van der Waals surface area contributed by atoms with Gasteiger partial charge in [0, 0.05) is 10.7 Å². The number of amides is 2. The molecule has 7 heteroatoms. The summed E-state index contributed by atoms with van der Waals surface area (Å²) in [6, 6.07) is 20.6. The van der Waals surface area contributed by atoms with Crippen molar-refractivity contribution in [3.05, 3.63) is 83.4 Å². The quantitative estimate of drug-likeness (QED) is 0.494. The smallest absolute Gasteiger partial charge is 0.265 e. The van der Waals surface area contributed by atoms with Gasteiger partial charge in [-0.3, -0.25) is 9.59 Å². The Bertz CT molecular complexity index is 1040. The van der Waals surface area contributed by atoms with Gasteiger partial charge in [0.15, 0.2) is 6.10 Å². The monoisotopic (exact) mass is 438 g/mol. The highest BCUT2D eigenvalue weighted by molar-refractivity contribution is 6.30. The number of hydrogen-bond acceptors (Lipinski definition) is 4. The van der Waals surface area contributed by atoms with Crippen LogP contribution in [-0.4, -0.2) is 24.5 Å². The van der Waals surface area contributed by atoms with Crippen LogP contribution in [-0.2, 0) is 4.79 Å². The fourth-order valence-electron chi connectivity index (χ4n) is 2.79. The van der Waals surface area contributed by atoms with E-state index in [1.807, 2.05) is 6.92 Å². The van der Waals surface area contributed by atoms with Crippen molar-refractivity contribution in [3.63, 3.8) is 0 Å². The lowest BCUT2D eigenvalue weighted by molar-refractivity contribution is -0.122. The summed E-state index contributed by atoms with van der Waals surface area (Å²) in [5, 5.41) is 6.17. The summed E-state index contributed by atoms with van der Waals surface area (Å²) in [5.74, 6) is 0.527. The summed E-state index contributed by atoms with van der Waals surface area (Å²) in [4.78, 5) is 25.4. The minimum Gasteiger partial charge on any atom is -0.494 e. The van der Waals surface area contributed by atoms with E-state index in [9.17, 15) is 9.59 Å². The van der Waals surface area contributed by atoms with Crippen molar-refractivity contribution in [2.45, 2.75) is 20.0 Å². The van der Waals surface area contributed by atoms with Crippen LogP contribution < -0.4 is 20.1 Å². The lowest BCUT2D eigenvalue weighted by Gasteiger charge is -2.16. The van der Waals surface area contributed by atoms with E-state index < -0.39 is 6.10 Å². The average Bonchev–Trinajstić information content (AvgIpc) is 2.77. The van der Waals surface area contributed by atoms with E-state index in [4.69, 9.17) is 21.1 Å². The zero-order valence-electron chi connectivity index (χ0n) is 17.2. The minimum absolute atomic E-state index is 0.337. The number of halogens is 1. The molecule has 3 aromatic carbocycles. The van der Waals surface area contributed by atoms with Crippen LogP contribution in [0.3, 0.4) is 0 Å². The third-order valence-electron chi connectivity index (χ3n) is 4.35. The van der Waals surface area contributed by atoms with Gasteiger partial charge in [0.1, 0.15) is 11.5 Å². The van der Waals surface area contributed by atoms with Crippen molar-refractivity contribution < 1.29 is 19.1 Å². The molecule has 3 aromatic rings. The molecule has 0 fully saturated rings. The summed E-state index contributed by atoms with van der Waals surface area (Å²) in [7, 11) is 0. The molecule has 0 saturated carbocycles. The topological polar surface area (TPSA) is 76.7 Å². The molecule has 1 unspecified atom stereocenters. The second-order valence-corrected chi connectivity index (χ2v) is 7.10. The van der Waals surface area contributed by atoms with Crippen molar-refractivity contribution in [3.8, 4) is 11.5 Å². The molecule has 160 valence electrons. The van der Waals surface area contributed by atoms with Crippen molar-refractivity contribution in [2.24, 2.45) is 0 Å². The number of benzene rings is 3. The van der Waals surface area contributed by atoms with Crippen LogP contribution in [0.15, 0.2) is 72.8 Å². The molecule has 0 aliphatic carbocycles. The standard InChI is InChI=1S/C24H23ClN2O4/c1-3-30-19-14-10-18(11-15-19)26-24(29)21-6-4-5-7-22(21)27-23(28)16(2)31-20-12-8-17(25)9-13-20/h4-16H,3H2,1-2H3,(H,26,29)(H,27,28). The molecule has 1 atom stereocenters. The summed E-state index contributed by atoms with van der Waals surface area (Å²) < 4.78 is 11.1. The summed E-state index contributed by atoms with van der Waals surface area (Å²) in [5.41, 5.74) is 1.35. The average molecular weight is 439 g/mol. The maximum atomic E-state index is 12.8. The van der Waals surface area contributed by atoms with Crippen LogP contribution in [0, 0.1) is 0 Å². The third-order valence-corrected chi connectivity index (χ3v) is 4.60. The number of carbonyl (C=O) groups excluding carboxylic acids is 2. The molecule has 2 amide bonds. The Kier molecular flexibility index (Phi) is 7.51. The van der Waals surface area contributed by atoms with Gasteiger partial charge >= 0.3 is 0 Å². The Hall–Kier alpha value is -3.51. The zero-order chi connectivity index (χ0) is 22.2. The van der Waals surface area contributed by atoms with Gasteiger partial charge in [-0.05, 0) is 74.5 Å². The normalized spacial score (nSPS) is 11.3. The van der Waals surface area contributed by atoms with Gasteiger partial charge < -0.3 is 20.1 Å². The number of rotatable bonds is 8. The fourth-order valence-corrected chi connectivity index (χ4v) is 2.92. The SMILES string of the molecule is CCOc1ccc(NC(=O)c2ccccc2NC(=O)C(C)Oc2ccc(Cl)cc2)cc1. The number of para-hydroxylation sites is 1. The molecule has 31 heavy (non-hydrogen) atoms. The lowest BCUT2D eigenvalue weighted by Crippen LogP contribution is -2.31. The van der Waals surface area contributed by atoms with Crippen LogP contribution in [0.2, 0.25) is 5.02 Å². The number of hydrogen-bond donors (Lipinski definition) is 2. The van der Waals surface area contributed by atoms with Crippen LogP contribution >= 0.6 is 11.6 Å². The summed E-state index contributed by atoms with van der Waals surface area (Å²) in [6.45, 7) is 4.10. The molecule has 3 rings (SSSR count). The van der Waals surface area contributed by atoms with Gasteiger partial charge in [0.25, 0.3) is 11.8 Å². The Labute approximate surface area is 186 Å². The van der Waals surface area contributed by atoms with Crippen LogP contribution in [0.5, 0.6) is 11.5 Å². The number of carbonyl (C=O) groups is 2.